The van der Waals surface area contributed by atoms with Crippen LogP contribution in [-0.2, 0) is 4.79 Å². The molecule has 1 atom stereocenters. The second-order valence-electron chi connectivity index (χ2n) is 4.33. The van der Waals surface area contributed by atoms with Crippen molar-refractivity contribution in [2.24, 2.45) is 5.73 Å². The maximum Gasteiger partial charge on any atom is 0.318 e. The molecule has 98 valence electrons. The Bertz CT molecular complexity index is 264. The summed E-state index contributed by atoms with van der Waals surface area (Å²) in [6, 6.07) is -0.132. The average molecular weight is 242 g/mol. The van der Waals surface area contributed by atoms with E-state index in [1.165, 1.54) is 0 Å². The highest BCUT2D eigenvalue weighted by molar-refractivity contribution is 5.83. The molecule has 6 heteroatoms. The van der Waals surface area contributed by atoms with Crippen LogP contribution in [0, 0.1) is 0 Å². The van der Waals surface area contributed by atoms with Crippen LogP contribution in [0.2, 0.25) is 0 Å². The van der Waals surface area contributed by atoms with Crippen LogP contribution in [0.5, 0.6) is 0 Å². The van der Waals surface area contributed by atoms with Gasteiger partial charge in [-0.3, -0.25) is 4.79 Å². The molecule has 4 N–H and O–H groups in total. The Hall–Kier alpha value is -1.30. The minimum atomic E-state index is -0.470. The van der Waals surface area contributed by atoms with E-state index in [9.17, 15) is 9.59 Å². The van der Waals surface area contributed by atoms with Gasteiger partial charge in [0.25, 0.3) is 0 Å². The van der Waals surface area contributed by atoms with Gasteiger partial charge in [0, 0.05) is 19.1 Å². The normalized spacial score (nSPS) is 19.7. The van der Waals surface area contributed by atoms with E-state index in [-0.39, 0.29) is 18.6 Å². The molecular weight excluding hydrogens is 220 g/mol. The summed E-state index contributed by atoms with van der Waals surface area (Å²) in [5, 5.41) is 6.01. The molecule has 0 aromatic carbocycles. The first-order chi connectivity index (χ1) is 8.15. The number of rotatable bonds is 5. The fraction of sp³-hybridized carbons (Fsp3) is 0.818. The standard InChI is InChI=1S/C11H22N4O2/c1-2-5-14-11(17)15(8-10(12)16)9-4-3-6-13-7-9/h9,13H,2-8H2,1H3,(H2,12,16)(H,14,17). The van der Waals surface area contributed by atoms with Gasteiger partial charge in [-0.15, -0.1) is 0 Å². The van der Waals surface area contributed by atoms with Crippen molar-refractivity contribution >= 4 is 11.9 Å². The van der Waals surface area contributed by atoms with Crippen molar-refractivity contribution in [3.05, 3.63) is 0 Å². The first-order valence-corrected chi connectivity index (χ1v) is 6.18. The van der Waals surface area contributed by atoms with Crippen molar-refractivity contribution in [2.75, 3.05) is 26.2 Å². The van der Waals surface area contributed by atoms with E-state index < -0.39 is 5.91 Å². The number of hydrogen-bond donors (Lipinski definition) is 3. The molecular formula is C11H22N4O2. The number of amides is 3. The van der Waals surface area contributed by atoms with Crippen molar-refractivity contribution in [1.29, 1.82) is 0 Å². The number of nitrogens with one attached hydrogen (secondary N) is 2. The number of urea groups is 1. The van der Waals surface area contributed by atoms with Gasteiger partial charge in [0.05, 0.1) is 0 Å². The lowest BCUT2D eigenvalue weighted by molar-refractivity contribution is -0.119. The summed E-state index contributed by atoms with van der Waals surface area (Å²) in [6.45, 7) is 4.29. The molecule has 0 aromatic heterocycles. The van der Waals surface area contributed by atoms with Crippen LogP contribution < -0.4 is 16.4 Å². The van der Waals surface area contributed by atoms with Crippen LogP contribution >= 0.6 is 0 Å². The van der Waals surface area contributed by atoms with Gasteiger partial charge >= 0.3 is 6.03 Å². The summed E-state index contributed by atoms with van der Waals surface area (Å²) in [7, 11) is 0. The monoisotopic (exact) mass is 242 g/mol. The topological polar surface area (TPSA) is 87.5 Å². The third-order valence-electron chi connectivity index (χ3n) is 2.82. The van der Waals surface area contributed by atoms with Crippen LogP contribution in [0.25, 0.3) is 0 Å². The minimum absolute atomic E-state index is 0.0120. The summed E-state index contributed by atoms with van der Waals surface area (Å²) in [5.41, 5.74) is 5.19. The molecule has 0 spiro atoms. The molecule has 0 aliphatic carbocycles. The quantitative estimate of drug-likeness (QED) is 0.615. The smallest absolute Gasteiger partial charge is 0.318 e. The van der Waals surface area contributed by atoms with E-state index in [1.807, 2.05) is 6.92 Å². The summed E-state index contributed by atoms with van der Waals surface area (Å²) >= 11 is 0. The number of carbonyl (C=O) groups is 2. The van der Waals surface area contributed by atoms with Crippen LogP contribution in [0.4, 0.5) is 4.79 Å². The molecule has 1 saturated heterocycles. The molecule has 3 amide bonds. The molecule has 1 fully saturated rings. The molecule has 0 bridgehead atoms. The first-order valence-electron chi connectivity index (χ1n) is 6.18. The molecule has 17 heavy (non-hydrogen) atoms. The molecule has 1 aliphatic rings. The lowest BCUT2D eigenvalue weighted by Gasteiger charge is -2.33. The van der Waals surface area contributed by atoms with Gasteiger partial charge in [-0.05, 0) is 25.8 Å². The maximum absolute atomic E-state index is 11.9. The lowest BCUT2D eigenvalue weighted by atomic mass is 10.1. The Morgan fingerprint density at radius 3 is 2.82 bits per heavy atom. The molecule has 1 aliphatic heterocycles. The Labute approximate surface area is 102 Å². The summed E-state index contributed by atoms with van der Waals surface area (Å²) < 4.78 is 0. The Kier molecular flexibility index (Phi) is 5.76. The van der Waals surface area contributed by atoms with Crippen molar-refractivity contribution < 1.29 is 9.59 Å². The second-order valence-corrected chi connectivity index (χ2v) is 4.33. The number of carbonyl (C=O) groups excluding carboxylic acids is 2. The van der Waals surface area contributed by atoms with Crippen molar-refractivity contribution in [2.45, 2.75) is 32.2 Å². The molecule has 0 saturated carbocycles. The molecule has 1 unspecified atom stereocenters. The van der Waals surface area contributed by atoms with Crippen molar-refractivity contribution in [3.63, 3.8) is 0 Å². The number of nitrogens with two attached hydrogens (primary N) is 1. The minimum Gasteiger partial charge on any atom is -0.368 e. The molecule has 0 aromatic rings. The maximum atomic E-state index is 11.9. The molecule has 1 heterocycles. The van der Waals surface area contributed by atoms with Crippen LogP contribution in [0.15, 0.2) is 0 Å². The number of primary amides is 1. The van der Waals surface area contributed by atoms with E-state index >= 15 is 0 Å². The lowest BCUT2D eigenvalue weighted by Crippen LogP contribution is -2.54. The fourth-order valence-electron chi connectivity index (χ4n) is 1.97. The summed E-state index contributed by atoms with van der Waals surface area (Å²) in [6.07, 6.45) is 2.81. The predicted molar refractivity (Wildman–Crippen MR) is 65.5 cm³/mol. The third kappa shape index (κ3) is 4.60. The number of nitrogens with zero attached hydrogens (tertiary/aromatic N) is 1. The van der Waals surface area contributed by atoms with Crippen LogP contribution in [0.3, 0.4) is 0 Å². The fourth-order valence-corrected chi connectivity index (χ4v) is 1.97. The Balaban J connectivity index is 2.57. The van der Waals surface area contributed by atoms with Crippen LogP contribution in [-0.4, -0.2) is 49.1 Å². The van der Waals surface area contributed by atoms with E-state index in [2.05, 4.69) is 10.6 Å². The van der Waals surface area contributed by atoms with Gasteiger partial charge in [-0.25, -0.2) is 4.79 Å². The van der Waals surface area contributed by atoms with E-state index in [0.29, 0.717) is 6.54 Å². The highest BCUT2D eigenvalue weighted by Crippen LogP contribution is 2.10. The van der Waals surface area contributed by atoms with Crippen LogP contribution in [0.1, 0.15) is 26.2 Å². The largest absolute Gasteiger partial charge is 0.368 e. The van der Waals surface area contributed by atoms with Gasteiger partial charge in [-0.1, -0.05) is 6.92 Å². The van der Waals surface area contributed by atoms with Gasteiger partial charge in [0.15, 0.2) is 0 Å². The second kappa shape index (κ2) is 7.11. The third-order valence-corrected chi connectivity index (χ3v) is 2.82. The zero-order valence-corrected chi connectivity index (χ0v) is 10.4. The van der Waals surface area contributed by atoms with Gasteiger partial charge in [0.2, 0.25) is 5.91 Å². The predicted octanol–water partition coefficient (Wildman–Crippen LogP) is -0.355. The number of piperidine rings is 1. The Morgan fingerprint density at radius 2 is 2.29 bits per heavy atom. The van der Waals surface area contributed by atoms with E-state index in [4.69, 9.17) is 5.73 Å². The van der Waals surface area contributed by atoms with Crippen molar-refractivity contribution in [1.82, 2.24) is 15.5 Å². The van der Waals surface area contributed by atoms with E-state index in [1.54, 1.807) is 4.90 Å². The zero-order chi connectivity index (χ0) is 12.7. The molecule has 6 nitrogen and oxygen atoms in total. The Morgan fingerprint density at radius 1 is 1.53 bits per heavy atom. The SMILES string of the molecule is CCCNC(=O)N(CC(N)=O)C1CCCNC1. The zero-order valence-electron chi connectivity index (χ0n) is 10.4. The van der Waals surface area contributed by atoms with Gasteiger partial charge < -0.3 is 21.3 Å². The average Bonchev–Trinajstić information content (AvgIpc) is 2.34. The molecule has 1 rings (SSSR count). The van der Waals surface area contributed by atoms with E-state index in [0.717, 1.165) is 32.4 Å². The van der Waals surface area contributed by atoms with Crippen molar-refractivity contribution in [3.8, 4) is 0 Å². The first kappa shape index (κ1) is 13.8. The van der Waals surface area contributed by atoms with Gasteiger partial charge in [0.1, 0.15) is 6.54 Å². The number of hydrogen-bond acceptors (Lipinski definition) is 3. The molecule has 0 radical (unpaired) electrons. The summed E-state index contributed by atoms with van der Waals surface area (Å²) in [5.74, 6) is -0.470. The summed E-state index contributed by atoms with van der Waals surface area (Å²) in [4.78, 5) is 24.5. The van der Waals surface area contributed by atoms with Gasteiger partial charge in [-0.2, -0.15) is 0 Å². The highest BCUT2D eigenvalue weighted by Gasteiger charge is 2.26. The highest BCUT2D eigenvalue weighted by atomic mass is 16.2.